The number of allylic oxidation sites excluding steroid dienone is 8. The minimum atomic E-state index is -0.776. The van der Waals surface area contributed by atoms with E-state index in [0.717, 1.165) is 89.9 Å². The Morgan fingerprint density at radius 3 is 0.762 bits per heavy atom. The Morgan fingerprint density at radius 2 is 0.487 bits per heavy atom. The number of ether oxygens (including phenoxy) is 3. The fourth-order valence-electron chi connectivity index (χ4n) is 10.8. The third kappa shape index (κ3) is 66.2. The number of esters is 3. The predicted octanol–water partition coefficient (Wildman–Crippen LogP) is 24.5. The van der Waals surface area contributed by atoms with Crippen LogP contribution in [0.4, 0.5) is 0 Å². The molecule has 0 aliphatic rings. The Kier molecular flexibility index (Phi) is 66.6. The maximum absolute atomic E-state index is 12.9. The number of rotatable bonds is 66. The summed E-state index contributed by atoms with van der Waals surface area (Å²) in [4.78, 5) is 38.4. The van der Waals surface area contributed by atoms with E-state index in [1.54, 1.807) is 0 Å². The Labute approximate surface area is 498 Å². The summed E-state index contributed by atoms with van der Waals surface area (Å²) in [6.07, 6.45) is 87.2. The van der Waals surface area contributed by atoms with Gasteiger partial charge >= 0.3 is 17.9 Å². The standard InChI is InChI=1S/C74H136O6/c1-4-7-10-13-16-19-22-25-27-29-31-33-34-35-36-37-38-39-41-42-44-46-49-52-55-58-61-64-67-73(76)79-70-71(69-78-72(75)66-63-60-57-54-51-48-24-21-18-15-12-9-6-3)80-74(77)68-65-62-59-56-53-50-47-45-43-40-32-30-28-26-23-20-17-14-11-8-5-2/h8,11,17,20,26,28,32,40,71H,4-7,9-10,12-16,18-19,21-25,27,29-31,33-39,41-70H2,1-3H3/b11-8-,20-17-,28-26-,40-32-. The summed E-state index contributed by atoms with van der Waals surface area (Å²) in [5.74, 6) is -0.852. The minimum Gasteiger partial charge on any atom is -0.462 e. The van der Waals surface area contributed by atoms with E-state index in [-0.39, 0.29) is 31.1 Å². The van der Waals surface area contributed by atoms with E-state index in [9.17, 15) is 14.4 Å². The zero-order chi connectivity index (χ0) is 57.8. The summed E-state index contributed by atoms with van der Waals surface area (Å²) in [5.41, 5.74) is 0. The van der Waals surface area contributed by atoms with Crippen molar-refractivity contribution < 1.29 is 28.6 Å². The van der Waals surface area contributed by atoms with Crippen molar-refractivity contribution in [1.29, 1.82) is 0 Å². The van der Waals surface area contributed by atoms with Gasteiger partial charge in [0.15, 0.2) is 6.10 Å². The van der Waals surface area contributed by atoms with Crippen molar-refractivity contribution >= 4 is 17.9 Å². The summed E-state index contributed by atoms with van der Waals surface area (Å²) in [5, 5.41) is 0. The quantitative estimate of drug-likeness (QED) is 0.0261. The molecule has 468 valence electrons. The van der Waals surface area contributed by atoms with Crippen LogP contribution < -0.4 is 0 Å². The number of carbonyl (C=O) groups excluding carboxylic acids is 3. The third-order valence-electron chi connectivity index (χ3n) is 16.1. The Bertz CT molecular complexity index is 1380. The van der Waals surface area contributed by atoms with E-state index in [4.69, 9.17) is 14.2 Å². The normalized spacial score (nSPS) is 12.3. The molecule has 0 N–H and O–H groups in total. The molecule has 0 radical (unpaired) electrons. The zero-order valence-electron chi connectivity index (χ0n) is 53.9. The smallest absolute Gasteiger partial charge is 0.306 e. The highest BCUT2D eigenvalue weighted by atomic mass is 16.6. The van der Waals surface area contributed by atoms with Gasteiger partial charge in [-0.1, -0.05) is 358 Å². The van der Waals surface area contributed by atoms with Crippen LogP contribution in [0.2, 0.25) is 0 Å². The van der Waals surface area contributed by atoms with Gasteiger partial charge in [-0.2, -0.15) is 0 Å². The zero-order valence-corrected chi connectivity index (χ0v) is 53.9. The number of unbranched alkanes of at least 4 members (excludes halogenated alkanes) is 47. The highest BCUT2D eigenvalue weighted by Crippen LogP contribution is 2.19. The van der Waals surface area contributed by atoms with E-state index in [1.807, 2.05) is 0 Å². The molecule has 0 heterocycles. The van der Waals surface area contributed by atoms with Crippen LogP contribution in [0.5, 0.6) is 0 Å². The van der Waals surface area contributed by atoms with Gasteiger partial charge in [0, 0.05) is 19.3 Å². The molecule has 6 nitrogen and oxygen atoms in total. The van der Waals surface area contributed by atoms with Gasteiger partial charge < -0.3 is 14.2 Å². The van der Waals surface area contributed by atoms with Crippen LogP contribution in [0.1, 0.15) is 387 Å². The van der Waals surface area contributed by atoms with Gasteiger partial charge in [0.25, 0.3) is 0 Å². The monoisotopic (exact) mass is 1120 g/mol. The fourth-order valence-corrected chi connectivity index (χ4v) is 10.8. The average molecular weight is 1120 g/mol. The van der Waals surface area contributed by atoms with Crippen LogP contribution in [0, 0.1) is 0 Å². The van der Waals surface area contributed by atoms with Gasteiger partial charge in [-0.3, -0.25) is 14.4 Å². The van der Waals surface area contributed by atoms with Crippen molar-refractivity contribution in [1.82, 2.24) is 0 Å². The molecule has 0 aliphatic heterocycles. The van der Waals surface area contributed by atoms with Crippen LogP contribution >= 0.6 is 0 Å². The lowest BCUT2D eigenvalue weighted by molar-refractivity contribution is -0.167. The van der Waals surface area contributed by atoms with Gasteiger partial charge in [-0.05, 0) is 57.8 Å². The molecule has 0 spiro atoms. The van der Waals surface area contributed by atoms with Gasteiger partial charge in [-0.15, -0.1) is 0 Å². The molecular weight excluding hydrogens is 985 g/mol. The average Bonchev–Trinajstić information content (AvgIpc) is 3.46. The van der Waals surface area contributed by atoms with Crippen molar-refractivity contribution in [3.05, 3.63) is 48.6 Å². The lowest BCUT2D eigenvalue weighted by atomic mass is 10.0. The molecule has 0 saturated heterocycles. The SMILES string of the molecule is CC/C=C\C/C=C\C/C=C\C/C=C\CCCCCCCCCCC(=O)OC(COC(=O)CCCCCCCCCCCCCCC)COC(=O)CCCCCCCCCCCCCCCCCCCCCCCCCCCCCC. The van der Waals surface area contributed by atoms with Crippen LogP contribution in [0.15, 0.2) is 48.6 Å². The Morgan fingerprint density at radius 1 is 0.263 bits per heavy atom. The summed E-state index contributed by atoms with van der Waals surface area (Å²) in [7, 11) is 0. The summed E-state index contributed by atoms with van der Waals surface area (Å²) >= 11 is 0. The highest BCUT2D eigenvalue weighted by molar-refractivity contribution is 5.71. The van der Waals surface area contributed by atoms with Crippen molar-refractivity contribution in [3.63, 3.8) is 0 Å². The summed E-state index contributed by atoms with van der Waals surface area (Å²) < 4.78 is 17.0. The van der Waals surface area contributed by atoms with Gasteiger partial charge in [0.1, 0.15) is 13.2 Å². The van der Waals surface area contributed by atoms with E-state index >= 15 is 0 Å². The molecule has 0 fully saturated rings. The molecule has 0 aromatic heterocycles. The van der Waals surface area contributed by atoms with Crippen molar-refractivity contribution in [3.8, 4) is 0 Å². The summed E-state index contributed by atoms with van der Waals surface area (Å²) in [6, 6.07) is 0. The van der Waals surface area contributed by atoms with Crippen molar-refractivity contribution in [2.45, 2.75) is 393 Å². The summed E-state index contributed by atoms with van der Waals surface area (Å²) in [6.45, 7) is 6.59. The van der Waals surface area contributed by atoms with Gasteiger partial charge in [0.05, 0.1) is 0 Å². The number of carbonyl (C=O) groups is 3. The first kappa shape index (κ1) is 77.4. The topological polar surface area (TPSA) is 78.9 Å². The van der Waals surface area contributed by atoms with Gasteiger partial charge in [-0.25, -0.2) is 0 Å². The molecule has 0 saturated carbocycles. The van der Waals surface area contributed by atoms with Crippen LogP contribution in [0.25, 0.3) is 0 Å². The van der Waals surface area contributed by atoms with E-state index in [1.165, 1.54) is 257 Å². The maximum atomic E-state index is 12.9. The second-order valence-corrected chi connectivity index (χ2v) is 24.1. The van der Waals surface area contributed by atoms with Crippen molar-refractivity contribution in [2.24, 2.45) is 0 Å². The van der Waals surface area contributed by atoms with Crippen LogP contribution in [-0.4, -0.2) is 37.2 Å². The van der Waals surface area contributed by atoms with E-state index < -0.39 is 6.10 Å². The molecule has 0 aromatic carbocycles. The molecule has 0 bridgehead atoms. The highest BCUT2D eigenvalue weighted by Gasteiger charge is 2.19. The first-order valence-electron chi connectivity index (χ1n) is 35.6. The molecule has 0 rings (SSSR count). The Balaban J connectivity index is 4.21. The minimum absolute atomic E-state index is 0.0710. The predicted molar refractivity (Wildman–Crippen MR) is 349 cm³/mol. The molecule has 0 amide bonds. The van der Waals surface area contributed by atoms with E-state index in [2.05, 4.69) is 69.4 Å². The molecule has 80 heavy (non-hydrogen) atoms. The van der Waals surface area contributed by atoms with Crippen LogP contribution in [-0.2, 0) is 28.6 Å². The fraction of sp³-hybridized carbons (Fsp3) is 0.851. The molecule has 6 heteroatoms. The number of hydrogen-bond acceptors (Lipinski definition) is 6. The molecule has 1 unspecified atom stereocenters. The van der Waals surface area contributed by atoms with Gasteiger partial charge in [0.2, 0.25) is 0 Å². The Hall–Kier alpha value is -2.63. The maximum Gasteiger partial charge on any atom is 0.306 e. The van der Waals surface area contributed by atoms with Crippen molar-refractivity contribution in [2.75, 3.05) is 13.2 Å². The lowest BCUT2D eigenvalue weighted by Crippen LogP contribution is -2.30. The number of hydrogen-bond donors (Lipinski definition) is 0. The first-order chi connectivity index (χ1) is 39.5. The third-order valence-corrected chi connectivity index (χ3v) is 16.1. The first-order valence-corrected chi connectivity index (χ1v) is 35.6. The molecule has 0 aromatic rings. The molecular formula is C74H136O6. The molecule has 0 aliphatic carbocycles. The largest absolute Gasteiger partial charge is 0.462 e. The second kappa shape index (κ2) is 68.9. The lowest BCUT2D eigenvalue weighted by Gasteiger charge is -2.18. The van der Waals surface area contributed by atoms with Crippen LogP contribution in [0.3, 0.4) is 0 Å². The second-order valence-electron chi connectivity index (χ2n) is 24.1. The van der Waals surface area contributed by atoms with E-state index in [0.29, 0.717) is 19.3 Å². The molecule has 1 atom stereocenters.